The number of carbonyl (C=O) groups excluding carboxylic acids is 2. The minimum absolute atomic E-state index is 0.126. The summed E-state index contributed by atoms with van der Waals surface area (Å²) >= 11 is 6.00. The smallest absolute Gasteiger partial charge is 0.253 e. The molecule has 7 rings (SSSR count). The highest BCUT2D eigenvalue weighted by atomic mass is 35.5. The predicted molar refractivity (Wildman–Crippen MR) is 138 cm³/mol. The van der Waals surface area contributed by atoms with Crippen LogP contribution in [0.1, 0.15) is 29.6 Å². The first kappa shape index (κ1) is 22.7. The predicted octanol–water partition coefficient (Wildman–Crippen LogP) is 2.93. The molecule has 2 saturated carbocycles. The van der Waals surface area contributed by atoms with E-state index in [9.17, 15) is 9.59 Å². The second-order valence-corrected chi connectivity index (χ2v) is 11.8. The monoisotopic (exact) mass is 505 g/mol. The molecule has 0 aromatic heterocycles. The second-order valence-electron chi connectivity index (χ2n) is 11.3. The fraction of sp³-hybridized carbons (Fsp3) is 0.500. The second kappa shape index (κ2) is 8.84. The third-order valence-corrected chi connectivity index (χ3v) is 9.80. The van der Waals surface area contributed by atoms with E-state index in [0.29, 0.717) is 41.7 Å². The first-order chi connectivity index (χ1) is 17.5. The third kappa shape index (κ3) is 3.76. The highest BCUT2D eigenvalue weighted by Crippen LogP contribution is 2.54. The van der Waals surface area contributed by atoms with Crippen LogP contribution >= 0.6 is 11.6 Å². The normalized spacial score (nSPS) is 34.6. The minimum atomic E-state index is 0.126. The first-order valence-electron chi connectivity index (χ1n) is 13.3. The largest absolute Gasteiger partial charge is 0.342 e. The molecule has 5 aliphatic rings. The Hall–Kier alpha value is -2.45. The van der Waals surface area contributed by atoms with Crippen molar-refractivity contribution in [3.8, 4) is 11.1 Å². The molecule has 0 radical (unpaired) electrons. The summed E-state index contributed by atoms with van der Waals surface area (Å²) in [6.07, 6.45) is 2.90. The fourth-order valence-electron chi connectivity index (χ4n) is 7.56. The Labute approximate surface area is 216 Å². The van der Waals surface area contributed by atoms with E-state index >= 15 is 0 Å². The van der Waals surface area contributed by atoms with Crippen LogP contribution in [-0.4, -0.2) is 59.9 Å². The standard InChI is InChI=1S/C28H32ClN5O2/c29-20-8-5-17(6-9-20)16-1-3-18(4-2-16)27(35)33-12-21-22(13-33)24-15-34(14-23(21)24)28(36)19-7-10-25-26(11-19)31-32-30-25/h1-6,8-9,19,21-26,30-32H,7,10-15H2/t19?,21-,22+,23+,24-,25?,26?. The Balaban J connectivity index is 0.959. The number of rotatable bonds is 3. The molecular weight excluding hydrogens is 474 g/mol. The van der Waals surface area contributed by atoms with Gasteiger partial charge in [-0.15, -0.1) is 0 Å². The Bertz CT molecular complexity index is 1150. The van der Waals surface area contributed by atoms with Crippen LogP contribution in [0, 0.1) is 29.6 Å². The van der Waals surface area contributed by atoms with E-state index in [1.54, 1.807) is 0 Å². The lowest BCUT2D eigenvalue weighted by Crippen LogP contribution is -2.45. The number of nitrogens with zero attached hydrogens (tertiary/aromatic N) is 2. The summed E-state index contributed by atoms with van der Waals surface area (Å²) in [4.78, 5) is 30.8. The number of amides is 2. The Morgan fingerprint density at radius 1 is 0.722 bits per heavy atom. The van der Waals surface area contributed by atoms with Gasteiger partial charge in [-0.25, -0.2) is 10.9 Å². The molecule has 2 aliphatic carbocycles. The van der Waals surface area contributed by atoms with Crippen molar-refractivity contribution >= 4 is 23.4 Å². The molecule has 2 aromatic rings. The maximum atomic E-state index is 13.3. The maximum Gasteiger partial charge on any atom is 0.253 e. The van der Waals surface area contributed by atoms with Gasteiger partial charge < -0.3 is 9.80 Å². The van der Waals surface area contributed by atoms with Crippen LogP contribution in [0.4, 0.5) is 0 Å². The summed E-state index contributed by atoms with van der Waals surface area (Å²) < 4.78 is 0. The summed E-state index contributed by atoms with van der Waals surface area (Å²) in [5.41, 5.74) is 12.4. The van der Waals surface area contributed by atoms with Gasteiger partial charge in [-0.1, -0.05) is 35.9 Å². The molecule has 3 N–H and O–H groups in total. The number of likely N-dealkylation sites (tertiary alicyclic amines) is 2. The van der Waals surface area contributed by atoms with Crippen LogP contribution in [0.2, 0.25) is 5.02 Å². The SMILES string of the molecule is O=C(c1ccc(-c2ccc(Cl)cc2)cc1)N1C[C@@H]2[C@H](C1)[C@H]1CN(C(=O)C3CCC4NNNC4C3)C[C@@H]21. The molecule has 3 aliphatic heterocycles. The van der Waals surface area contributed by atoms with Gasteiger partial charge in [0.05, 0.1) is 0 Å². The summed E-state index contributed by atoms with van der Waals surface area (Å²) in [5.74, 6) is 2.77. The molecule has 7 nitrogen and oxygen atoms in total. The van der Waals surface area contributed by atoms with Crippen LogP contribution < -0.4 is 16.4 Å². The highest BCUT2D eigenvalue weighted by Gasteiger charge is 2.59. The van der Waals surface area contributed by atoms with Crippen molar-refractivity contribution in [1.82, 2.24) is 26.2 Å². The lowest BCUT2D eigenvalue weighted by molar-refractivity contribution is -0.136. The maximum absolute atomic E-state index is 13.3. The Morgan fingerprint density at radius 2 is 1.28 bits per heavy atom. The van der Waals surface area contributed by atoms with Crippen LogP contribution in [0.25, 0.3) is 11.1 Å². The molecule has 3 heterocycles. The molecule has 188 valence electrons. The van der Waals surface area contributed by atoms with Crippen molar-refractivity contribution in [2.24, 2.45) is 29.6 Å². The zero-order valence-corrected chi connectivity index (χ0v) is 21.0. The molecule has 2 aromatic carbocycles. The van der Waals surface area contributed by atoms with E-state index in [1.807, 2.05) is 53.4 Å². The van der Waals surface area contributed by atoms with Gasteiger partial charge in [-0.2, -0.15) is 5.53 Å². The van der Waals surface area contributed by atoms with Crippen molar-refractivity contribution in [2.45, 2.75) is 31.3 Å². The van der Waals surface area contributed by atoms with E-state index in [4.69, 9.17) is 11.6 Å². The van der Waals surface area contributed by atoms with Crippen LogP contribution in [0.15, 0.2) is 48.5 Å². The first-order valence-corrected chi connectivity index (χ1v) is 13.6. The molecule has 7 atom stereocenters. The topological polar surface area (TPSA) is 76.7 Å². The van der Waals surface area contributed by atoms with Crippen molar-refractivity contribution in [2.75, 3.05) is 26.2 Å². The Kier molecular flexibility index (Phi) is 5.58. The van der Waals surface area contributed by atoms with Crippen LogP contribution in [-0.2, 0) is 4.79 Å². The molecule has 36 heavy (non-hydrogen) atoms. The average molecular weight is 506 g/mol. The molecule has 3 unspecified atom stereocenters. The number of hydrogen-bond donors (Lipinski definition) is 3. The van der Waals surface area contributed by atoms with Crippen molar-refractivity contribution in [3.63, 3.8) is 0 Å². The molecule has 2 amide bonds. The summed E-state index contributed by atoms with van der Waals surface area (Å²) in [6, 6.07) is 16.4. The van der Waals surface area contributed by atoms with E-state index in [-0.39, 0.29) is 11.8 Å². The minimum Gasteiger partial charge on any atom is -0.342 e. The van der Waals surface area contributed by atoms with Gasteiger partial charge >= 0.3 is 0 Å². The zero-order valence-electron chi connectivity index (χ0n) is 20.2. The molecule has 5 fully saturated rings. The number of nitrogens with one attached hydrogen (secondary N) is 3. The van der Waals surface area contributed by atoms with Crippen molar-refractivity contribution in [3.05, 3.63) is 59.1 Å². The number of hydrogen-bond acceptors (Lipinski definition) is 5. The number of benzene rings is 2. The lowest BCUT2D eigenvalue weighted by Gasteiger charge is -2.42. The van der Waals surface area contributed by atoms with E-state index in [0.717, 1.165) is 67.2 Å². The van der Waals surface area contributed by atoms with E-state index in [2.05, 4.69) is 21.3 Å². The zero-order chi connectivity index (χ0) is 24.4. The third-order valence-electron chi connectivity index (χ3n) is 9.55. The van der Waals surface area contributed by atoms with Gasteiger partial charge in [0.25, 0.3) is 5.91 Å². The molecule has 0 bridgehead atoms. The Morgan fingerprint density at radius 3 is 1.92 bits per heavy atom. The van der Waals surface area contributed by atoms with Gasteiger partial charge in [0.15, 0.2) is 0 Å². The molecule has 3 saturated heterocycles. The highest BCUT2D eigenvalue weighted by molar-refractivity contribution is 6.30. The summed E-state index contributed by atoms with van der Waals surface area (Å²) in [5, 5.41) is 0.718. The average Bonchev–Trinajstić information content (AvgIpc) is 3.62. The summed E-state index contributed by atoms with van der Waals surface area (Å²) in [7, 11) is 0. The molecular formula is C28H32ClN5O2. The molecule has 0 spiro atoms. The van der Waals surface area contributed by atoms with E-state index in [1.165, 1.54) is 0 Å². The van der Waals surface area contributed by atoms with Crippen molar-refractivity contribution < 1.29 is 9.59 Å². The number of carbonyl (C=O) groups is 2. The number of halogens is 1. The molecule has 8 heteroatoms. The van der Waals surface area contributed by atoms with Gasteiger partial charge in [0, 0.05) is 54.8 Å². The van der Waals surface area contributed by atoms with Gasteiger partial charge in [0.1, 0.15) is 0 Å². The lowest BCUT2D eigenvalue weighted by atomic mass is 9.60. The quantitative estimate of drug-likeness (QED) is 0.598. The number of hydrazine groups is 2. The van der Waals surface area contributed by atoms with Gasteiger partial charge in [0.2, 0.25) is 5.91 Å². The van der Waals surface area contributed by atoms with Crippen molar-refractivity contribution in [1.29, 1.82) is 0 Å². The van der Waals surface area contributed by atoms with Gasteiger partial charge in [-0.3, -0.25) is 9.59 Å². The van der Waals surface area contributed by atoms with E-state index < -0.39 is 0 Å². The summed E-state index contributed by atoms with van der Waals surface area (Å²) in [6.45, 7) is 3.38. The van der Waals surface area contributed by atoms with Gasteiger partial charge in [-0.05, 0) is 78.3 Å². The number of fused-ring (bicyclic) bond motifs is 5. The van der Waals surface area contributed by atoms with Crippen LogP contribution in [0.5, 0.6) is 0 Å². The van der Waals surface area contributed by atoms with Crippen LogP contribution in [0.3, 0.4) is 0 Å². The fourth-order valence-corrected chi connectivity index (χ4v) is 7.69.